The van der Waals surface area contributed by atoms with Crippen LogP contribution in [0.4, 0.5) is 11.4 Å². The van der Waals surface area contributed by atoms with E-state index in [1.54, 1.807) is 48.5 Å². The van der Waals surface area contributed by atoms with E-state index in [1.165, 1.54) is 6.08 Å². The number of carbonyl (C=O) groups excluding carboxylic acids is 2. The molecule has 0 spiro atoms. The SMILES string of the molecule is O=C=Nc1ccc(C(=O)Nc2ccc(Cl)cc2)cc1. The van der Waals surface area contributed by atoms with Crippen molar-refractivity contribution in [2.45, 2.75) is 0 Å². The highest BCUT2D eigenvalue weighted by Gasteiger charge is 2.05. The quantitative estimate of drug-likeness (QED) is 0.686. The van der Waals surface area contributed by atoms with Crippen LogP contribution in [0.1, 0.15) is 10.4 Å². The molecule has 0 bridgehead atoms. The van der Waals surface area contributed by atoms with Gasteiger partial charge in [-0.05, 0) is 48.5 Å². The first-order valence-electron chi connectivity index (χ1n) is 5.44. The Balaban J connectivity index is 2.11. The topological polar surface area (TPSA) is 58.5 Å². The van der Waals surface area contributed by atoms with Crippen molar-refractivity contribution in [2.75, 3.05) is 5.32 Å². The molecule has 0 unspecified atom stereocenters. The maximum atomic E-state index is 11.9. The molecule has 2 aromatic carbocycles. The molecule has 2 rings (SSSR count). The normalized spacial score (nSPS) is 9.53. The summed E-state index contributed by atoms with van der Waals surface area (Å²) in [4.78, 5) is 25.4. The number of hydrogen-bond donors (Lipinski definition) is 1. The minimum Gasteiger partial charge on any atom is -0.322 e. The van der Waals surface area contributed by atoms with E-state index in [1.807, 2.05) is 0 Å². The summed E-state index contributed by atoms with van der Waals surface area (Å²) in [7, 11) is 0. The predicted molar refractivity (Wildman–Crippen MR) is 73.6 cm³/mol. The monoisotopic (exact) mass is 272 g/mol. The van der Waals surface area contributed by atoms with Gasteiger partial charge in [-0.3, -0.25) is 4.79 Å². The molecule has 0 aliphatic heterocycles. The first-order valence-corrected chi connectivity index (χ1v) is 5.82. The van der Waals surface area contributed by atoms with E-state index in [4.69, 9.17) is 11.6 Å². The lowest BCUT2D eigenvalue weighted by Gasteiger charge is -2.05. The summed E-state index contributed by atoms with van der Waals surface area (Å²) in [5.41, 5.74) is 1.59. The summed E-state index contributed by atoms with van der Waals surface area (Å²) in [5.74, 6) is -0.246. The van der Waals surface area contributed by atoms with Gasteiger partial charge in [0.15, 0.2) is 0 Å². The highest BCUT2D eigenvalue weighted by molar-refractivity contribution is 6.30. The van der Waals surface area contributed by atoms with Gasteiger partial charge >= 0.3 is 0 Å². The molecule has 0 aliphatic rings. The number of isocyanates is 1. The van der Waals surface area contributed by atoms with Gasteiger partial charge in [0.25, 0.3) is 5.91 Å². The number of carbonyl (C=O) groups is 1. The second kappa shape index (κ2) is 5.96. The van der Waals surface area contributed by atoms with E-state index in [-0.39, 0.29) is 5.91 Å². The molecule has 0 heterocycles. The third kappa shape index (κ3) is 3.52. The molecule has 0 saturated carbocycles. The van der Waals surface area contributed by atoms with Crippen molar-refractivity contribution in [1.29, 1.82) is 0 Å². The molecule has 0 atom stereocenters. The van der Waals surface area contributed by atoms with Crippen LogP contribution < -0.4 is 5.32 Å². The zero-order chi connectivity index (χ0) is 13.7. The maximum Gasteiger partial charge on any atom is 0.255 e. The summed E-state index contributed by atoms with van der Waals surface area (Å²) >= 11 is 5.76. The van der Waals surface area contributed by atoms with Crippen molar-refractivity contribution >= 4 is 35.0 Å². The minimum atomic E-state index is -0.246. The van der Waals surface area contributed by atoms with Crippen LogP contribution in [0.3, 0.4) is 0 Å². The fraction of sp³-hybridized carbons (Fsp3) is 0. The summed E-state index contributed by atoms with van der Waals surface area (Å²) < 4.78 is 0. The van der Waals surface area contributed by atoms with Gasteiger partial charge in [-0.2, -0.15) is 4.99 Å². The Morgan fingerprint density at radius 1 is 1.05 bits per heavy atom. The largest absolute Gasteiger partial charge is 0.322 e. The Kier molecular flexibility index (Phi) is 4.08. The number of halogens is 1. The second-order valence-corrected chi connectivity index (χ2v) is 4.15. The van der Waals surface area contributed by atoms with Gasteiger partial charge < -0.3 is 5.32 Å². The second-order valence-electron chi connectivity index (χ2n) is 3.71. The van der Waals surface area contributed by atoms with Crippen LogP contribution >= 0.6 is 11.6 Å². The summed E-state index contributed by atoms with van der Waals surface area (Å²) in [6.45, 7) is 0. The van der Waals surface area contributed by atoms with Gasteiger partial charge in [0, 0.05) is 16.3 Å². The number of rotatable bonds is 3. The van der Waals surface area contributed by atoms with Gasteiger partial charge in [0.2, 0.25) is 6.08 Å². The van der Waals surface area contributed by atoms with E-state index in [9.17, 15) is 9.59 Å². The molecule has 94 valence electrons. The van der Waals surface area contributed by atoms with Gasteiger partial charge in [-0.15, -0.1) is 0 Å². The predicted octanol–water partition coefficient (Wildman–Crippen LogP) is 3.56. The van der Waals surface area contributed by atoms with Crippen molar-refractivity contribution in [3.63, 3.8) is 0 Å². The van der Waals surface area contributed by atoms with Crippen molar-refractivity contribution in [2.24, 2.45) is 4.99 Å². The minimum absolute atomic E-state index is 0.246. The van der Waals surface area contributed by atoms with E-state index in [0.717, 1.165) is 0 Å². The number of aliphatic imine (C=N–C) groups is 1. The number of benzene rings is 2. The van der Waals surface area contributed by atoms with E-state index in [0.29, 0.717) is 22.0 Å². The Bertz CT molecular complexity index is 630. The Labute approximate surface area is 114 Å². The van der Waals surface area contributed by atoms with E-state index < -0.39 is 0 Å². The number of hydrogen-bond acceptors (Lipinski definition) is 3. The Hall–Kier alpha value is -2.42. The standard InChI is InChI=1S/C14H9ClN2O2/c15-11-3-7-13(8-4-11)17-14(19)10-1-5-12(6-2-10)16-9-18/h1-8H,(H,17,19). The van der Waals surface area contributed by atoms with Gasteiger partial charge in [0.1, 0.15) is 0 Å². The van der Waals surface area contributed by atoms with Crippen LogP contribution in [0.5, 0.6) is 0 Å². The van der Waals surface area contributed by atoms with Gasteiger partial charge in [-0.1, -0.05) is 11.6 Å². The zero-order valence-electron chi connectivity index (χ0n) is 9.76. The van der Waals surface area contributed by atoms with Crippen molar-refractivity contribution in [3.8, 4) is 0 Å². The lowest BCUT2D eigenvalue weighted by atomic mass is 10.2. The fourth-order valence-corrected chi connectivity index (χ4v) is 1.60. The molecule has 5 heteroatoms. The summed E-state index contributed by atoms with van der Waals surface area (Å²) in [6.07, 6.45) is 1.44. The average Bonchev–Trinajstić information content (AvgIpc) is 2.42. The molecule has 19 heavy (non-hydrogen) atoms. The number of nitrogens with zero attached hydrogens (tertiary/aromatic N) is 1. The Morgan fingerprint density at radius 2 is 1.68 bits per heavy atom. The number of nitrogens with one attached hydrogen (secondary N) is 1. The molecule has 1 N–H and O–H groups in total. The van der Waals surface area contributed by atoms with Crippen LogP contribution in [0.2, 0.25) is 5.02 Å². The third-order valence-electron chi connectivity index (χ3n) is 2.41. The molecule has 2 aromatic rings. The maximum absolute atomic E-state index is 11.9. The summed E-state index contributed by atoms with van der Waals surface area (Å²) in [5, 5.41) is 3.34. The van der Waals surface area contributed by atoms with Crippen molar-refractivity contribution < 1.29 is 9.59 Å². The van der Waals surface area contributed by atoms with E-state index in [2.05, 4.69) is 10.3 Å². The molecule has 0 aliphatic carbocycles. The molecule has 4 nitrogen and oxygen atoms in total. The zero-order valence-corrected chi connectivity index (χ0v) is 10.5. The fourth-order valence-electron chi connectivity index (χ4n) is 1.48. The lowest BCUT2D eigenvalue weighted by Crippen LogP contribution is -2.11. The number of anilines is 1. The van der Waals surface area contributed by atoms with Crippen LogP contribution in [0, 0.1) is 0 Å². The average molecular weight is 273 g/mol. The van der Waals surface area contributed by atoms with Crippen molar-refractivity contribution in [3.05, 3.63) is 59.1 Å². The van der Waals surface area contributed by atoms with Crippen LogP contribution in [-0.2, 0) is 4.79 Å². The van der Waals surface area contributed by atoms with Crippen LogP contribution in [-0.4, -0.2) is 12.0 Å². The molecule has 1 amide bonds. The number of amides is 1. The molecular formula is C14H9ClN2O2. The molecule has 0 fully saturated rings. The van der Waals surface area contributed by atoms with Crippen molar-refractivity contribution in [1.82, 2.24) is 0 Å². The molecular weight excluding hydrogens is 264 g/mol. The van der Waals surface area contributed by atoms with Crippen LogP contribution in [0.15, 0.2) is 53.5 Å². The first kappa shape index (κ1) is 13.0. The third-order valence-corrected chi connectivity index (χ3v) is 2.66. The van der Waals surface area contributed by atoms with Gasteiger partial charge in [-0.25, -0.2) is 4.79 Å². The van der Waals surface area contributed by atoms with Gasteiger partial charge in [0.05, 0.1) is 5.69 Å². The Morgan fingerprint density at radius 3 is 2.26 bits per heavy atom. The highest BCUT2D eigenvalue weighted by atomic mass is 35.5. The van der Waals surface area contributed by atoms with Crippen LogP contribution in [0.25, 0.3) is 0 Å². The van der Waals surface area contributed by atoms with E-state index >= 15 is 0 Å². The molecule has 0 radical (unpaired) electrons. The molecule has 0 aromatic heterocycles. The summed E-state index contributed by atoms with van der Waals surface area (Å²) in [6, 6.07) is 13.1. The smallest absolute Gasteiger partial charge is 0.255 e. The molecule has 0 saturated heterocycles. The lowest BCUT2D eigenvalue weighted by molar-refractivity contribution is 0.102. The highest BCUT2D eigenvalue weighted by Crippen LogP contribution is 2.16. The first-order chi connectivity index (χ1) is 9.19.